The fraction of sp³-hybridized carbons (Fsp3) is 0.500. The van der Waals surface area contributed by atoms with Crippen LogP contribution in [-0.2, 0) is 0 Å². The Kier molecular flexibility index (Phi) is 2.55. The van der Waals surface area contributed by atoms with Crippen molar-refractivity contribution in [3.63, 3.8) is 0 Å². The van der Waals surface area contributed by atoms with Crippen LogP contribution in [0.2, 0.25) is 0 Å². The van der Waals surface area contributed by atoms with E-state index in [1.54, 1.807) is 6.92 Å². The number of rotatable bonds is 3. The number of anilines is 1. The van der Waals surface area contributed by atoms with E-state index in [0.717, 1.165) is 0 Å². The number of hydrogen-bond donors (Lipinski definition) is 3. The summed E-state index contributed by atoms with van der Waals surface area (Å²) < 4.78 is 0. The molecule has 0 fully saturated rings. The molecule has 13 heavy (non-hydrogen) atoms. The summed E-state index contributed by atoms with van der Waals surface area (Å²) in [6.45, 7) is 5.53. The average molecular weight is 183 g/mol. The van der Waals surface area contributed by atoms with Crippen LogP contribution in [0.3, 0.4) is 0 Å². The number of aromatic amines is 1. The summed E-state index contributed by atoms with van der Waals surface area (Å²) in [4.78, 5) is 10.8. The molecule has 1 aromatic heterocycles. The zero-order valence-electron chi connectivity index (χ0n) is 7.88. The smallest absolute Gasteiger partial charge is 0.341 e. The summed E-state index contributed by atoms with van der Waals surface area (Å²) in [5.74, 6) is -0.561. The van der Waals surface area contributed by atoms with Crippen LogP contribution >= 0.6 is 0 Å². The topological polar surface area (TPSA) is 78.0 Å². The number of carboxylic acid groups (broad SMARTS) is 1. The summed E-state index contributed by atoms with van der Waals surface area (Å²) in [6.07, 6.45) is 0. The molecule has 0 saturated carbocycles. The first kappa shape index (κ1) is 9.57. The van der Waals surface area contributed by atoms with E-state index in [0.29, 0.717) is 11.5 Å². The molecule has 1 rings (SSSR count). The van der Waals surface area contributed by atoms with Crippen LogP contribution in [0.1, 0.15) is 29.9 Å². The Morgan fingerprint density at radius 2 is 2.23 bits per heavy atom. The molecule has 1 heterocycles. The van der Waals surface area contributed by atoms with E-state index in [4.69, 9.17) is 5.11 Å². The Morgan fingerprint density at radius 1 is 1.62 bits per heavy atom. The van der Waals surface area contributed by atoms with Crippen molar-refractivity contribution in [1.29, 1.82) is 0 Å². The Morgan fingerprint density at radius 3 is 2.69 bits per heavy atom. The van der Waals surface area contributed by atoms with Gasteiger partial charge in [-0.1, -0.05) is 0 Å². The molecular weight excluding hydrogens is 170 g/mol. The number of hydrogen-bond acceptors (Lipinski definition) is 3. The third-order valence-electron chi connectivity index (χ3n) is 1.59. The lowest BCUT2D eigenvalue weighted by Gasteiger charge is -2.06. The summed E-state index contributed by atoms with van der Waals surface area (Å²) >= 11 is 0. The quantitative estimate of drug-likeness (QED) is 0.658. The van der Waals surface area contributed by atoms with Crippen molar-refractivity contribution in [2.24, 2.45) is 0 Å². The van der Waals surface area contributed by atoms with E-state index in [1.165, 1.54) is 0 Å². The molecule has 0 radical (unpaired) electrons. The van der Waals surface area contributed by atoms with Crippen molar-refractivity contribution < 1.29 is 9.90 Å². The molecule has 1 aromatic rings. The predicted octanol–water partition coefficient (Wildman–Crippen LogP) is 1.24. The minimum atomic E-state index is -0.964. The van der Waals surface area contributed by atoms with Crippen molar-refractivity contribution in [1.82, 2.24) is 10.2 Å². The number of aryl methyl sites for hydroxylation is 1. The molecule has 0 aliphatic rings. The molecule has 0 saturated heterocycles. The SMILES string of the molecule is Cc1[nH]nc(NC(C)C)c1C(=O)O. The van der Waals surface area contributed by atoms with Crippen LogP contribution in [0.15, 0.2) is 0 Å². The zero-order valence-corrected chi connectivity index (χ0v) is 7.88. The Labute approximate surface area is 76.2 Å². The molecule has 0 aromatic carbocycles. The number of H-pyrrole nitrogens is 1. The van der Waals surface area contributed by atoms with Gasteiger partial charge >= 0.3 is 5.97 Å². The van der Waals surface area contributed by atoms with E-state index in [1.807, 2.05) is 13.8 Å². The highest BCUT2D eigenvalue weighted by molar-refractivity contribution is 5.94. The fourth-order valence-electron chi connectivity index (χ4n) is 1.07. The maximum absolute atomic E-state index is 10.8. The third-order valence-corrected chi connectivity index (χ3v) is 1.59. The first-order valence-electron chi connectivity index (χ1n) is 4.07. The molecule has 72 valence electrons. The van der Waals surface area contributed by atoms with Gasteiger partial charge in [0.05, 0.1) is 0 Å². The molecule has 0 atom stereocenters. The van der Waals surface area contributed by atoms with Gasteiger partial charge in [0.25, 0.3) is 0 Å². The number of carbonyl (C=O) groups is 1. The summed E-state index contributed by atoms with van der Waals surface area (Å²) in [5, 5.41) is 18.3. The second kappa shape index (κ2) is 3.47. The van der Waals surface area contributed by atoms with Gasteiger partial charge in [0.1, 0.15) is 5.56 Å². The van der Waals surface area contributed by atoms with Crippen LogP contribution in [-0.4, -0.2) is 27.3 Å². The number of carboxylic acids is 1. The van der Waals surface area contributed by atoms with Gasteiger partial charge < -0.3 is 10.4 Å². The first-order valence-corrected chi connectivity index (χ1v) is 4.07. The van der Waals surface area contributed by atoms with Crippen molar-refractivity contribution in [2.45, 2.75) is 26.8 Å². The average Bonchev–Trinajstić information content (AvgIpc) is 2.30. The van der Waals surface area contributed by atoms with Gasteiger partial charge in [0, 0.05) is 11.7 Å². The van der Waals surface area contributed by atoms with Crippen molar-refractivity contribution >= 4 is 11.8 Å². The van der Waals surface area contributed by atoms with E-state index in [-0.39, 0.29) is 11.6 Å². The van der Waals surface area contributed by atoms with Crippen molar-refractivity contribution in [2.75, 3.05) is 5.32 Å². The number of nitrogens with zero attached hydrogens (tertiary/aromatic N) is 1. The van der Waals surface area contributed by atoms with Crippen LogP contribution in [0, 0.1) is 6.92 Å². The molecule has 0 amide bonds. The van der Waals surface area contributed by atoms with E-state index < -0.39 is 5.97 Å². The largest absolute Gasteiger partial charge is 0.477 e. The molecule has 0 aliphatic heterocycles. The lowest BCUT2D eigenvalue weighted by molar-refractivity contribution is 0.0697. The minimum Gasteiger partial charge on any atom is -0.477 e. The number of nitrogens with one attached hydrogen (secondary N) is 2. The molecule has 0 unspecified atom stereocenters. The summed E-state index contributed by atoms with van der Waals surface area (Å²) in [7, 11) is 0. The van der Waals surface area contributed by atoms with E-state index in [9.17, 15) is 4.79 Å². The van der Waals surface area contributed by atoms with Gasteiger partial charge in [0.15, 0.2) is 5.82 Å². The van der Waals surface area contributed by atoms with Gasteiger partial charge in [-0.05, 0) is 20.8 Å². The Hall–Kier alpha value is -1.52. The van der Waals surface area contributed by atoms with Crippen LogP contribution in [0.5, 0.6) is 0 Å². The van der Waals surface area contributed by atoms with E-state index >= 15 is 0 Å². The fourth-order valence-corrected chi connectivity index (χ4v) is 1.07. The maximum Gasteiger partial charge on any atom is 0.341 e. The van der Waals surface area contributed by atoms with E-state index in [2.05, 4.69) is 15.5 Å². The standard InChI is InChI=1S/C8H13N3O2/c1-4(2)9-7-6(8(12)13)5(3)10-11-7/h4H,1-3H3,(H,12,13)(H2,9,10,11). The summed E-state index contributed by atoms with van der Waals surface area (Å²) in [6, 6.07) is 0.167. The molecule has 3 N–H and O–H groups in total. The maximum atomic E-state index is 10.8. The third kappa shape index (κ3) is 1.99. The van der Waals surface area contributed by atoms with Crippen molar-refractivity contribution in [3.05, 3.63) is 11.3 Å². The minimum absolute atomic E-state index is 0.167. The van der Waals surface area contributed by atoms with Crippen molar-refractivity contribution in [3.8, 4) is 0 Å². The molecular formula is C8H13N3O2. The van der Waals surface area contributed by atoms with Gasteiger partial charge in [-0.25, -0.2) is 4.79 Å². The second-order valence-corrected chi connectivity index (χ2v) is 3.18. The zero-order chi connectivity index (χ0) is 10.0. The molecule has 5 nitrogen and oxygen atoms in total. The van der Waals surface area contributed by atoms with Gasteiger partial charge in [-0.3, -0.25) is 5.10 Å². The predicted molar refractivity (Wildman–Crippen MR) is 49.0 cm³/mol. The Bertz CT molecular complexity index is 317. The summed E-state index contributed by atoms with van der Waals surface area (Å²) in [5.41, 5.74) is 0.782. The lowest BCUT2D eigenvalue weighted by atomic mass is 10.2. The van der Waals surface area contributed by atoms with Crippen LogP contribution < -0.4 is 5.32 Å². The monoisotopic (exact) mass is 183 g/mol. The van der Waals surface area contributed by atoms with Gasteiger partial charge in [-0.15, -0.1) is 0 Å². The molecule has 5 heteroatoms. The van der Waals surface area contributed by atoms with Gasteiger partial charge in [0.2, 0.25) is 0 Å². The number of aromatic carboxylic acids is 1. The molecule has 0 aliphatic carbocycles. The van der Waals surface area contributed by atoms with Gasteiger partial charge in [-0.2, -0.15) is 5.10 Å². The lowest BCUT2D eigenvalue weighted by Crippen LogP contribution is -2.13. The normalized spacial score (nSPS) is 10.5. The molecule has 0 bridgehead atoms. The van der Waals surface area contributed by atoms with Crippen LogP contribution in [0.4, 0.5) is 5.82 Å². The van der Waals surface area contributed by atoms with Crippen LogP contribution in [0.25, 0.3) is 0 Å². The Balaban J connectivity index is 3.00. The highest BCUT2D eigenvalue weighted by atomic mass is 16.4. The second-order valence-electron chi connectivity index (χ2n) is 3.18. The molecule has 0 spiro atoms. The highest BCUT2D eigenvalue weighted by Crippen LogP contribution is 2.16. The number of aromatic nitrogens is 2. The first-order chi connectivity index (χ1) is 6.02. The highest BCUT2D eigenvalue weighted by Gasteiger charge is 2.17.